The standard InChI is InChI=1S/C7H14O3/c1-2-4-6-8-10-9-7-5-3-1/h1-7H2. The van der Waals surface area contributed by atoms with Gasteiger partial charge in [-0.15, -0.1) is 0 Å². The summed E-state index contributed by atoms with van der Waals surface area (Å²) in [6.45, 7) is 1.31. The summed E-state index contributed by atoms with van der Waals surface area (Å²) in [6, 6.07) is 0. The molecule has 0 aromatic heterocycles. The van der Waals surface area contributed by atoms with Crippen molar-refractivity contribution < 1.29 is 14.8 Å². The van der Waals surface area contributed by atoms with E-state index in [-0.39, 0.29) is 0 Å². The first kappa shape index (κ1) is 7.98. The lowest BCUT2D eigenvalue weighted by Gasteiger charge is -2.06. The van der Waals surface area contributed by atoms with E-state index in [1.807, 2.05) is 0 Å². The van der Waals surface area contributed by atoms with Crippen LogP contribution in [-0.4, -0.2) is 13.2 Å². The molecule has 0 bridgehead atoms. The molecule has 1 fully saturated rings. The van der Waals surface area contributed by atoms with Crippen LogP contribution in [0.1, 0.15) is 32.1 Å². The van der Waals surface area contributed by atoms with E-state index in [2.05, 4.69) is 14.8 Å². The Morgan fingerprint density at radius 2 is 1.10 bits per heavy atom. The van der Waals surface area contributed by atoms with Crippen molar-refractivity contribution in [3.05, 3.63) is 0 Å². The average molecular weight is 146 g/mol. The highest BCUT2D eigenvalue weighted by Gasteiger charge is 1.96. The molecule has 3 nitrogen and oxygen atoms in total. The van der Waals surface area contributed by atoms with E-state index in [0.29, 0.717) is 13.2 Å². The smallest absolute Gasteiger partial charge is 0.0853 e. The first-order valence-electron chi connectivity index (χ1n) is 3.91. The Hall–Kier alpha value is -0.120. The summed E-state index contributed by atoms with van der Waals surface area (Å²) in [4.78, 5) is 9.38. The Morgan fingerprint density at radius 3 is 1.70 bits per heavy atom. The lowest BCUT2D eigenvalue weighted by Crippen LogP contribution is -2.02. The van der Waals surface area contributed by atoms with Crippen LogP contribution >= 0.6 is 0 Å². The van der Waals surface area contributed by atoms with Gasteiger partial charge >= 0.3 is 0 Å². The van der Waals surface area contributed by atoms with Gasteiger partial charge in [-0.2, -0.15) is 0 Å². The zero-order chi connectivity index (χ0) is 7.07. The molecule has 0 unspecified atom stereocenters. The molecular formula is C7H14O3. The van der Waals surface area contributed by atoms with Gasteiger partial charge in [0, 0.05) is 0 Å². The summed E-state index contributed by atoms with van der Waals surface area (Å²) in [7, 11) is 0. The fourth-order valence-corrected chi connectivity index (χ4v) is 0.954. The molecule has 0 N–H and O–H groups in total. The molecule has 0 aliphatic carbocycles. The van der Waals surface area contributed by atoms with Crippen molar-refractivity contribution in [2.24, 2.45) is 0 Å². The van der Waals surface area contributed by atoms with Gasteiger partial charge in [-0.1, -0.05) is 24.3 Å². The first-order chi connectivity index (χ1) is 5.00. The Balaban J connectivity index is 2.00. The molecule has 0 aromatic rings. The fraction of sp³-hybridized carbons (Fsp3) is 1.00. The normalized spacial score (nSPS) is 24.0. The van der Waals surface area contributed by atoms with Crippen LogP contribution in [0.3, 0.4) is 0 Å². The zero-order valence-electron chi connectivity index (χ0n) is 6.17. The second kappa shape index (κ2) is 5.65. The molecule has 1 heterocycles. The molecule has 60 valence electrons. The summed E-state index contributed by atoms with van der Waals surface area (Å²) >= 11 is 0. The lowest BCUT2D eigenvalue weighted by atomic mass is 10.1. The van der Waals surface area contributed by atoms with E-state index in [1.54, 1.807) is 0 Å². The van der Waals surface area contributed by atoms with Crippen LogP contribution in [0.15, 0.2) is 0 Å². The van der Waals surface area contributed by atoms with E-state index in [1.165, 1.54) is 19.3 Å². The van der Waals surface area contributed by atoms with E-state index in [9.17, 15) is 0 Å². The molecule has 0 atom stereocenters. The third kappa shape index (κ3) is 3.82. The molecule has 0 saturated carbocycles. The Labute approximate surface area is 61.1 Å². The van der Waals surface area contributed by atoms with Crippen molar-refractivity contribution in [1.82, 2.24) is 0 Å². The Morgan fingerprint density at radius 1 is 0.600 bits per heavy atom. The summed E-state index contributed by atoms with van der Waals surface area (Å²) in [6.07, 6.45) is 5.91. The van der Waals surface area contributed by atoms with Crippen LogP contribution < -0.4 is 0 Å². The number of hydrogen-bond donors (Lipinski definition) is 0. The van der Waals surface area contributed by atoms with Crippen molar-refractivity contribution in [2.45, 2.75) is 32.1 Å². The van der Waals surface area contributed by atoms with E-state index >= 15 is 0 Å². The van der Waals surface area contributed by atoms with Gasteiger partial charge in [0.05, 0.1) is 13.2 Å². The number of hydrogen-bond acceptors (Lipinski definition) is 3. The highest BCUT2D eigenvalue weighted by Crippen LogP contribution is 2.05. The molecule has 0 amide bonds. The summed E-state index contributed by atoms with van der Waals surface area (Å²) in [5.74, 6) is 0. The van der Waals surface area contributed by atoms with Gasteiger partial charge < -0.3 is 0 Å². The maximum Gasteiger partial charge on any atom is 0.0853 e. The van der Waals surface area contributed by atoms with Crippen LogP contribution in [0.5, 0.6) is 0 Å². The molecule has 3 heteroatoms. The first-order valence-corrected chi connectivity index (χ1v) is 3.91. The maximum absolute atomic E-state index is 4.69. The van der Waals surface area contributed by atoms with Crippen LogP contribution in [0.4, 0.5) is 0 Å². The third-order valence-corrected chi connectivity index (χ3v) is 1.55. The molecule has 0 spiro atoms. The van der Waals surface area contributed by atoms with Gasteiger partial charge in [0.2, 0.25) is 0 Å². The SMILES string of the molecule is C1CCCOOOCCC1. The molecule has 10 heavy (non-hydrogen) atoms. The molecule has 1 aliphatic heterocycles. The zero-order valence-corrected chi connectivity index (χ0v) is 6.17. The van der Waals surface area contributed by atoms with E-state index < -0.39 is 0 Å². The highest BCUT2D eigenvalue weighted by atomic mass is 17.5. The van der Waals surface area contributed by atoms with E-state index in [4.69, 9.17) is 0 Å². The van der Waals surface area contributed by atoms with Crippen LogP contribution in [0, 0.1) is 0 Å². The van der Waals surface area contributed by atoms with E-state index in [0.717, 1.165) is 12.8 Å². The predicted octanol–water partition coefficient (Wildman–Crippen LogP) is 1.83. The highest BCUT2D eigenvalue weighted by molar-refractivity contribution is 4.42. The largest absolute Gasteiger partial charge is 0.206 e. The van der Waals surface area contributed by atoms with Gasteiger partial charge in [0.25, 0.3) is 0 Å². The average Bonchev–Trinajstić information content (AvgIpc) is 2.01. The molecule has 1 saturated heterocycles. The Bertz CT molecular complexity index is 42.0. The van der Waals surface area contributed by atoms with Crippen molar-refractivity contribution >= 4 is 0 Å². The summed E-state index contributed by atoms with van der Waals surface area (Å²) in [5.41, 5.74) is 0. The molecular weight excluding hydrogens is 132 g/mol. The quantitative estimate of drug-likeness (QED) is 0.488. The van der Waals surface area contributed by atoms with Gasteiger partial charge in [0.1, 0.15) is 0 Å². The topological polar surface area (TPSA) is 27.7 Å². The van der Waals surface area contributed by atoms with Crippen molar-refractivity contribution in [2.75, 3.05) is 13.2 Å². The molecule has 1 aliphatic rings. The maximum atomic E-state index is 4.69. The second-order valence-electron chi connectivity index (χ2n) is 2.48. The third-order valence-electron chi connectivity index (χ3n) is 1.55. The van der Waals surface area contributed by atoms with Gasteiger partial charge in [-0.25, -0.2) is 9.78 Å². The minimum atomic E-state index is 0.653. The molecule has 0 aromatic carbocycles. The predicted molar refractivity (Wildman–Crippen MR) is 36.1 cm³/mol. The van der Waals surface area contributed by atoms with Gasteiger partial charge in [-0.05, 0) is 12.8 Å². The van der Waals surface area contributed by atoms with Gasteiger partial charge in [0.15, 0.2) is 0 Å². The lowest BCUT2D eigenvalue weighted by molar-refractivity contribution is -0.513. The summed E-state index contributed by atoms with van der Waals surface area (Å²) < 4.78 is 0. The van der Waals surface area contributed by atoms with Crippen LogP contribution in [-0.2, 0) is 14.8 Å². The monoisotopic (exact) mass is 146 g/mol. The fourth-order valence-electron chi connectivity index (χ4n) is 0.954. The number of rotatable bonds is 0. The van der Waals surface area contributed by atoms with Crippen LogP contribution in [0.25, 0.3) is 0 Å². The van der Waals surface area contributed by atoms with Gasteiger partial charge in [-0.3, -0.25) is 0 Å². The molecule has 0 radical (unpaired) electrons. The van der Waals surface area contributed by atoms with Crippen molar-refractivity contribution in [1.29, 1.82) is 0 Å². The van der Waals surface area contributed by atoms with Crippen LogP contribution in [0.2, 0.25) is 0 Å². The minimum Gasteiger partial charge on any atom is -0.206 e. The minimum absolute atomic E-state index is 0.653. The van der Waals surface area contributed by atoms with Crippen molar-refractivity contribution in [3.8, 4) is 0 Å². The Kier molecular flexibility index (Phi) is 4.51. The second-order valence-corrected chi connectivity index (χ2v) is 2.48. The van der Waals surface area contributed by atoms with Crippen molar-refractivity contribution in [3.63, 3.8) is 0 Å². The molecule has 1 rings (SSSR count). The summed E-state index contributed by atoms with van der Waals surface area (Å²) in [5, 5.41) is 4.41.